The first-order valence-corrected chi connectivity index (χ1v) is 6.29. The molecule has 0 radical (unpaired) electrons. The molecule has 0 aliphatic carbocycles. The van der Waals surface area contributed by atoms with Crippen LogP contribution in [0.15, 0.2) is 36.8 Å². The van der Waals surface area contributed by atoms with Gasteiger partial charge in [0.1, 0.15) is 0 Å². The Hall–Kier alpha value is -2.90. The smallest absolute Gasteiger partial charge is 0.356 e. The molecule has 2 aromatic heterocycles. The fourth-order valence-electron chi connectivity index (χ4n) is 1.79. The molecular weight excluding hydrogens is 274 g/mol. The Kier molecular flexibility index (Phi) is 4.50. The lowest BCUT2D eigenvalue weighted by Crippen LogP contribution is -2.39. The Morgan fingerprint density at radius 1 is 1.38 bits per heavy atom. The predicted octanol–water partition coefficient (Wildman–Crippen LogP) is 1.19. The fourth-order valence-corrected chi connectivity index (χ4v) is 1.79. The van der Waals surface area contributed by atoms with Crippen LogP contribution in [0.1, 0.15) is 17.4 Å². The second-order valence-corrected chi connectivity index (χ2v) is 4.43. The zero-order chi connectivity index (χ0) is 15.2. The van der Waals surface area contributed by atoms with Crippen LogP contribution in [0.4, 0.5) is 10.5 Å². The standard InChI is InChI=1S/C13H15N5O3/c1-9(8-18-7-3-6-15-18)16-13(21)17-10-4-2-5-14-11(10)12(19)20/h2-7,9H,8H2,1H3,(H,19,20)(H2,16,17,21). The topological polar surface area (TPSA) is 109 Å². The van der Waals surface area contributed by atoms with Gasteiger partial charge in [-0.2, -0.15) is 5.10 Å². The highest BCUT2D eigenvalue weighted by Gasteiger charge is 2.14. The van der Waals surface area contributed by atoms with Gasteiger partial charge in [-0.1, -0.05) is 0 Å². The fraction of sp³-hybridized carbons (Fsp3) is 0.231. The maximum absolute atomic E-state index is 11.9. The third kappa shape index (κ3) is 4.03. The van der Waals surface area contributed by atoms with Crippen molar-refractivity contribution in [2.45, 2.75) is 19.5 Å². The van der Waals surface area contributed by atoms with Crippen LogP contribution in [0.25, 0.3) is 0 Å². The van der Waals surface area contributed by atoms with Gasteiger partial charge in [0.15, 0.2) is 5.69 Å². The quantitative estimate of drug-likeness (QED) is 0.766. The molecule has 0 spiro atoms. The molecule has 0 saturated heterocycles. The summed E-state index contributed by atoms with van der Waals surface area (Å²) in [4.78, 5) is 26.6. The number of aromatic carboxylic acids is 1. The van der Waals surface area contributed by atoms with Gasteiger partial charge in [0, 0.05) is 24.6 Å². The van der Waals surface area contributed by atoms with Crippen LogP contribution in [0.2, 0.25) is 0 Å². The first kappa shape index (κ1) is 14.5. The van der Waals surface area contributed by atoms with E-state index in [1.54, 1.807) is 29.2 Å². The summed E-state index contributed by atoms with van der Waals surface area (Å²) in [6.45, 7) is 2.34. The highest BCUT2D eigenvalue weighted by molar-refractivity contribution is 5.98. The molecule has 0 bridgehead atoms. The van der Waals surface area contributed by atoms with E-state index in [9.17, 15) is 9.59 Å². The summed E-state index contributed by atoms with van der Waals surface area (Å²) in [6, 6.07) is 4.16. The number of amides is 2. The number of rotatable bonds is 5. The minimum absolute atomic E-state index is 0.147. The van der Waals surface area contributed by atoms with Crippen LogP contribution >= 0.6 is 0 Å². The van der Waals surface area contributed by atoms with Crippen molar-refractivity contribution >= 4 is 17.7 Å². The molecule has 8 heteroatoms. The van der Waals surface area contributed by atoms with Crippen LogP contribution in [0, 0.1) is 0 Å². The summed E-state index contributed by atoms with van der Waals surface area (Å²) >= 11 is 0. The molecule has 0 saturated carbocycles. The molecule has 2 rings (SSSR count). The number of carboxylic acid groups (broad SMARTS) is 1. The number of hydrogen-bond acceptors (Lipinski definition) is 4. The highest BCUT2D eigenvalue weighted by atomic mass is 16.4. The number of nitrogens with one attached hydrogen (secondary N) is 2. The average Bonchev–Trinajstić information content (AvgIpc) is 2.91. The van der Waals surface area contributed by atoms with Crippen molar-refractivity contribution in [1.82, 2.24) is 20.1 Å². The molecule has 21 heavy (non-hydrogen) atoms. The van der Waals surface area contributed by atoms with Crippen LogP contribution in [-0.4, -0.2) is 37.9 Å². The number of urea groups is 1. The molecule has 0 fully saturated rings. The van der Waals surface area contributed by atoms with Crippen LogP contribution in [-0.2, 0) is 6.54 Å². The van der Waals surface area contributed by atoms with Crippen LogP contribution < -0.4 is 10.6 Å². The number of hydrogen-bond donors (Lipinski definition) is 3. The van der Waals surface area contributed by atoms with Crippen molar-refractivity contribution in [2.75, 3.05) is 5.32 Å². The Bertz CT molecular complexity index is 626. The van der Waals surface area contributed by atoms with E-state index in [1.807, 2.05) is 6.92 Å². The minimum Gasteiger partial charge on any atom is -0.476 e. The van der Waals surface area contributed by atoms with Gasteiger partial charge >= 0.3 is 12.0 Å². The third-order valence-electron chi connectivity index (χ3n) is 2.66. The monoisotopic (exact) mass is 289 g/mol. The number of carbonyl (C=O) groups excluding carboxylic acids is 1. The Morgan fingerprint density at radius 3 is 2.86 bits per heavy atom. The van der Waals surface area contributed by atoms with Gasteiger partial charge in [-0.05, 0) is 25.1 Å². The van der Waals surface area contributed by atoms with Crippen molar-refractivity contribution in [3.05, 3.63) is 42.5 Å². The molecule has 8 nitrogen and oxygen atoms in total. The van der Waals surface area contributed by atoms with E-state index in [2.05, 4.69) is 20.7 Å². The first-order valence-electron chi connectivity index (χ1n) is 6.29. The van der Waals surface area contributed by atoms with Gasteiger partial charge in [0.25, 0.3) is 0 Å². The summed E-state index contributed by atoms with van der Waals surface area (Å²) in [5.41, 5.74) is -0.0545. The van der Waals surface area contributed by atoms with Crippen LogP contribution in [0.3, 0.4) is 0 Å². The number of carbonyl (C=O) groups is 2. The summed E-state index contributed by atoms with van der Waals surface area (Å²) in [5.74, 6) is -1.20. The maximum Gasteiger partial charge on any atom is 0.356 e. The first-order chi connectivity index (χ1) is 10.1. The SMILES string of the molecule is CC(Cn1cccn1)NC(=O)Nc1cccnc1C(=O)O. The third-order valence-corrected chi connectivity index (χ3v) is 2.66. The molecule has 2 amide bonds. The van der Waals surface area contributed by atoms with Crippen molar-refractivity contribution in [3.63, 3.8) is 0 Å². The van der Waals surface area contributed by atoms with Crippen molar-refractivity contribution in [3.8, 4) is 0 Å². The van der Waals surface area contributed by atoms with Gasteiger partial charge in [-0.15, -0.1) is 0 Å². The second kappa shape index (κ2) is 6.51. The Labute approximate surface area is 120 Å². The Balaban J connectivity index is 1.94. The molecule has 2 aromatic rings. The molecule has 2 heterocycles. The number of aromatic nitrogens is 3. The molecule has 0 aliphatic heterocycles. The van der Waals surface area contributed by atoms with Gasteiger partial charge in [0.05, 0.1) is 12.2 Å². The van der Waals surface area contributed by atoms with E-state index in [0.29, 0.717) is 6.54 Å². The van der Waals surface area contributed by atoms with Crippen LogP contribution in [0.5, 0.6) is 0 Å². The number of nitrogens with zero attached hydrogens (tertiary/aromatic N) is 3. The molecule has 3 N–H and O–H groups in total. The van der Waals surface area contributed by atoms with E-state index in [-0.39, 0.29) is 17.4 Å². The number of carboxylic acids is 1. The lowest BCUT2D eigenvalue weighted by Gasteiger charge is -2.15. The molecule has 1 atom stereocenters. The molecule has 0 aliphatic rings. The number of anilines is 1. The summed E-state index contributed by atoms with van der Waals surface area (Å²) in [6.07, 6.45) is 4.80. The lowest BCUT2D eigenvalue weighted by molar-refractivity contribution is 0.0692. The largest absolute Gasteiger partial charge is 0.476 e. The maximum atomic E-state index is 11.9. The van der Waals surface area contributed by atoms with Gasteiger partial charge < -0.3 is 15.7 Å². The van der Waals surface area contributed by atoms with E-state index < -0.39 is 12.0 Å². The highest BCUT2D eigenvalue weighted by Crippen LogP contribution is 2.11. The normalized spacial score (nSPS) is 11.7. The summed E-state index contributed by atoms with van der Waals surface area (Å²) < 4.78 is 1.69. The predicted molar refractivity (Wildman–Crippen MR) is 75.0 cm³/mol. The van der Waals surface area contributed by atoms with Gasteiger partial charge in [-0.3, -0.25) is 4.68 Å². The van der Waals surface area contributed by atoms with E-state index in [0.717, 1.165) is 0 Å². The van der Waals surface area contributed by atoms with Gasteiger partial charge in [0.2, 0.25) is 0 Å². The van der Waals surface area contributed by atoms with Crippen molar-refractivity contribution in [2.24, 2.45) is 0 Å². The zero-order valence-electron chi connectivity index (χ0n) is 11.4. The summed E-state index contributed by atoms with van der Waals surface area (Å²) in [5, 5.41) is 18.2. The zero-order valence-corrected chi connectivity index (χ0v) is 11.4. The van der Waals surface area contributed by atoms with Crippen molar-refractivity contribution < 1.29 is 14.7 Å². The molecule has 0 aromatic carbocycles. The van der Waals surface area contributed by atoms with E-state index in [4.69, 9.17) is 5.11 Å². The average molecular weight is 289 g/mol. The molecular formula is C13H15N5O3. The molecule has 110 valence electrons. The Morgan fingerprint density at radius 2 is 2.19 bits per heavy atom. The molecule has 1 unspecified atom stereocenters. The van der Waals surface area contributed by atoms with Gasteiger partial charge in [-0.25, -0.2) is 14.6 Å². The van der Waals surface area contributed by atoms with E-state index >= 15 is 0 Å². The second-order valence-electron chi connectivity index (χ2n) is 4.43. The summed E-state index contributed by atoms with van der Waals surface area (Å²) in [7, 11) is 0. The van der Waals surface area contributed by atoms with Crippen molar-refractivity contribution in [1.29, 1.82) is 0 Å². The lowest BCUT2D eigenvalue weighted by atomic mass is 10.3. The van der Waals surface area contributed by atoms with E-state index in [1.165, 1.54) is 12.3 Å². The minimum atomic E-state index is -1.20. The number of pyridine rings is 1.